The number of aryl methyl sites for hydroxylation is 1. The van der Waals surface area contributed by atoms with Gasteiger partial charge in [-0.15, -0.1) is 10.2 Å². The number of nitrogens with zero attached hydrogens (tertiary/aromatic N) is 5. The number of tetrazole rings is 1. The van der Waals surface area contributed by atoms with Gasteiger partial charge in [0.2, 0.25) is 6.41 Å². The number of hydrogen-bond donors (Lipinski definition) is 4. The Hall–Kier alpha value is -4.56. The van der Waals surface area contributed by atoms with E-state index in [4.69, 9.17) is 5.26 Å². The Balaban J connectivity index is 0.000000390. The third kappa shape index (κ3) is 8.24. The van der Waals surface area contributed by atoms with Gasteiger partial charge < -0.3 is 20.9 Å². The number of aromatic nitrogens is 4. The van der Waals surface area contributed by atoms with Crippen molar-refractivity contribution in [2.24, 2.45) is 11.8 Å². The molecule has 1 saturated carbocycles. The number of benzene rings is 2. The molecule has 6 atom stereocenters. The van der Waals surface area contributed by atoms with E-state index in [2.05, 4.69) is 114 Å². The molecule has 1 aliphatic heterocycles. The highest BCUT2D eigenvalue weighted by molar-refractivity contribution is 5.94. The standard InChI is InChI=1S/C30H43N7O.C9H12N2O/c1-7-11-24-19-25(28(38)32-10-4)14-17-27(24)30(20-21(5)31-9-3,29-34-36-37-35-29)26-15-12-23(13-16-26)22(6)33-18-8-2;1-6-2-9-8(6)3-7(4-10)11(9)5-12/h12-17,19,21,31,33H,6-11,18,20H2,1-5H3,(H,32,38)(H,34,35,36,37);5-9H,2-3H2,1H3. The van der Waals surface area contributed by atoms with E-state index in [9.17, 15) is 9.59 Å². The molecule has 0 spiro atoms. The number of amides is 2. The Bertz CT molecular complexity index is 1600. The van der Waals surface area contributed by atoms with E-state index in [0.717, 1.165) is 79.6 Å². The highest BCUT2D eigenvalue weighted by Crippen LogP contribution is 2.47. The Kier molecular flexibility index (Phi) is 13.7. The van der Waals surface area contributed by atoms with Crippen molar-refractivity contribution in [2.45, 2.75) is 104 Å². The molecule has 11 nitrogen and oxygen atoms in total. The van der Waals surface area contributed by atoms with Gasteiger partial charge in [-0.1, -0.05) is 76.2 Å². The molecular formula is C39H55N9O2. The Morgan fingerprint density at radius 2 is 1.84 bits per heavy atom. The number of likely N-dealkylation sites (tertiary alicyclic amines) is 1. The zero-order chi connectivity index (χ0) is 36.3. The molecule has 2 aromatic carbocycles. The minimum atomic E-state index is -0.685. The monoisotopic (exact) mass is 681 g/mol. The summed E-state index contributed by atoms with van der Waals surface area (Å²) in [6.07, 6.45) is 6.33. The number of rotatable bonds is 16. The summed E-state index contributed by atoms with van der Waals surface area (Å²) in [5.74, 6) is 1.85. The molecule has 1 aromatic heterocycles. The number of aromatic amines is 1. The lowest BCUT2D eigenvalue weighted by atomic mass is 9.67. The van der Waals surface area contributed by atoms with Gasteiger partial charge in [0, 0.05) is 36.4 Å². The van der Waals surface area contributed by atoms with Crippen molar-refractivity contribution in [2.75, 3.05) is 19.6 Å². The fourth-order valence-corrected chi connectivity index (χ4v) is 7.70. The van der Waals surface area contributed by atoms with Gasteiger partial charge in [0.25, 0.3) is 5.91 Å². The van der Waals surface area contributed by atoms with E-state index >= 15 is 0 Å². The number of nitriles is 1. The molecule has 2 aliphatic rings. The van der Waals surface area contributed by atoms with Crippen LogP contribution in [-0.4, -0.2) is 75.6 Å². The van der Waals surface area contributed by atoms with Gasteiger partial charge in [-0.2, -0.15) is 10.5 Å². The first-order chi connectivity index (χ1) is 24.2. The minimum Gasteiger partial charge on any atom is -0.385 e. The van der Waals surface area contributed by atoms with Gasteiger partial charge in [-0.25, -0.2) is 0 Å². The first kappa shape index (κ1) is 38.2. The Labute approximate surface area is 297 Å². The highest BCUT2D eigenvalue weighted by atomic mass is 16.1. The third-order valence-corrected chi connectivity index (χ3v) is 10.2. The third-order valence-electron chi connectivity index (χ3n) is 10.2. The van der Waals surface area contributed by atoms with Crippen molar-refractivity contribution in [3.05, 3.63) is 82.7 Å². The van der Waals surface area contributed by atoms with Gasteiger partial charge in [0.05, 0.1) is 11.5 Å². The highest BCUT2D eigenvalue weighted by Gasteiger charge is 2.50. The zero-order valence-corrected chi connectivity index (χ0v) is 30.6. The average Bonchev–Trinajstić information content (AvgIpc) is 3.77. The summed E-state index contributed by atoms with van der Waals surface area (Å²) in [6, 6.07) is 17.1. The van der Waals surface area contributed by atoms with Crippen LogP contribution in [0.3, 0.4) is 0 Å². The maximum absolute atomic E-state index is 12.7. The van der Waals surface area contributed by atoms with E-state index in [0.29, 0.717) is 42.2 Å². The molecule has 5 rings (SSSR count). The van der Waals surface area contributed by atoms with E-state index in [1.807, 2.05) is 19.1 Å². The fraction of sp³-hybridized carbons (Fsp3) is 0.538. The molecule has 0 radical (unpaired) electrons. The van der Waals surface area contributed by atoms with Crippen molar-refractivity contribution in [3.8, 4) is 6.07 Å². The van der Waals surface area contributed by atoms with Crippen LogP contribution in [0, 0.1) is 23.2 Å². The average molecular weight is 682 g/mol. The van der Waals surface area contributed by atoms with Crippen molar-refractivity contribution in [1.29, 1.82) is 5.26 Å². The van der Waals surface area contributed by atoms with Crippen molar-refractivity contribution in [1.82, 2.24) is 41.5 Å². The fourth-order valence-electron chi connectivity index (χ4n) is 7.70. The van der Waals surface area contributed by atoms with Crippen molar-refractivity contribution < 1.29 is 9.59 Å². The second-order valence-corrected chi connectivity index (χ2v) is 13.6. The summed E-state index contributed by atoms with van der Waals surface area (Å²) in [5, 5.41) is 34.4. The van der Waals surface area contributed by atoms with Gasteiger partial charge in [-0.3, -0.25) is 9.59 Å². The number of fused-ring (bicyclic) bond motifs is 1. The Morgan fingerprint density at radius 1 is 1.10 bits per heavy atom. The SMILES string of the molecule is C=C(NCCC)c1ccc(C(CC(C)NCC)(c2nn[nH]n2)c2ccc(C(=O)NCC)cc2CCC)cc1.CC1CC2C1CC(C#N)N2C=O. The minimum absolute atomic E-state index is 0.0648. The van der Waals surface area contributed by atoms with Crippen LogP contribution in [0.5, 0.6) is 0 Å². The van der Waals surface area contributed by atoms with E-state index in [-0.39, 0.29) is 18.0 Å². The molecule has 4 N–H and O–H groups in total. The Morgan fingerprint density at radius 3 is 2.42 bits per heavy atom. The maximum atomic E-state index is 12.7. The first-order valence-electron chi connectivity index (χ1n) is 18.2. The molecule has 1 saturated heterocycles. The largest absolute Gasteiger partial charge is 0.385 e. The van der Waals surface area contributed by atoms with Crippen LogP contribution in [0.2, 0.25) is 0 Å². The maximum Gasteiger partial charge on any atom is 0.251 e. The molecular weight excluding hydrogens is 626 g/mol. The normalized spacial score (nSPS) is 20.9. The number of hydrogen-bond acceptors (Lipinski definition) is 8. The van der Waals surface area contributed by atoms with Crippen LogP contribution in [0.15, 0.2) is 49.0 Å². The molecule has 3 aromatic rings. The second-order valence-electron chi connectivity index (χ2n) is 13.6. The zero-order valence-electron chi connectivity index (χ0n) is 30.6. The summed E-state index contributed by atoms with van der Waals surface area (Å²) in [7, 11) is 0. The van der Waals surface area contributed by atoms with Crippen LogP contribution in [-0.2, 0) is 16.6 Å². The summed E-state index contributed by atoms with van der Waals surface area (Å²) < 4.78 is 0. The quantitative estimate of drug-likeness (QED) is 0.148. The number of H-pyrrole nitrogens is 1. The molecule has 6 unspecified atom stereocenters. The molecule has 2 heterocycles. The van der Waals surface area contributed by atoms with Crippen molar-refractivity contribution in [3.63, 3.8) is 0 Å². The summed E-state index contributed by atoms with van der Waals surface area (Å²) in [5.41, 5.74) is 5.20. The predicted molar refractivity (Wildman–Crippen MR) is 197 cm³/mol. The smallest absolute Gasteiger partial charge is 0.251 e. The lowest BCUT2D eigenvalue weighted by Crippen LogP contribution is -2.45. The topological polar surface area (TPSA) is 152 Å². The van der Waals surface area contributed by atoms with Crippen LogP contribution in [0.25, 0.3) is 5.70 Å². The first-order valence-corrected chi connectivity index (χ1v) is 18.2. The van der Waals surface area contributed by atoms with Gasteiger partial charge in [0.1, 0.15) is 6.04 Å². The predicted octanol–water partition coefficient (Wildman–Crippen LogP) is 5.36. The molecule has 50 heavy (non-hydrogen) atoms. The lowest BCUT2D eigenvalue weighted by Gasteiger charge is -2.40. The number of nitrogens with one attached hydrogen (secondary N) is 4. The van der Waals surface area contributed by atoms with Gasteiger partial charge in [-0.05, 0) is 98.7 Å². The molecule has 268 valence electrons. The number of carbonyl (C=O) groups excluding carboxylic acids is 2. The molecule has 2 fully saturated rings. The van der Waals surface area contributed by atoms with Crippen LogP contribution < -0.4 is 16.0 Å². The molecule has 2 amide bonds. The number of carbonyl (C=O) groups is 2. The van der Waals surface area contributed by atoms with E-state index in [1.165, 1.54) is 0 Å². The summed E-state index contributed by atoms with van der Waals surface area (Å²) in [6.45, 7) is 19.3. The van der Waals surface area contributed by atoms with Crippen LogP contribution >= 0.6 is 0 Å². The van der Waals surface area contributed by atoms with Gasteiger partial charge in [0.15, 0.2) is 5.82 Å². The molecule has 0 bridgehead atoms. The second kappa shape index (κ2) is 17.9. The molecule has 11 heteroatoms. The summed E-state index contributed by atoms with van der Waals surface area (Å²) >= 11 is 0. The lowest BCUT2D eigenvalue weighted by molar-refractivity contribution is -0.122. The van der Waals surface area contributed by atoms with Crippen molar-refractivity contribution >= 4 is 18.0 Å². The van der Waals surface area contributed by atoms with Crippen LogP contribution in [0.4, 0.5) is 0 Å². The summed E-state index contributed by atoms with van der Waals surface area (Å²) in [4.78, 5) is 25.1. The van der Waals surface area contributed by atoms with Crippen LogP contribution in [0.1, 0.15) is 112 Å². The van der Waals surface area contributed by atoms with E-state index in [1.54, 1.807) is 4.90 Å². The van der Waals surface area contributed by atoms with Gasteiger partial charge >= 0.3 is 0 Å². The molecule has 1 aliphatic carbocycles. The van der Waals surface area contributed by atoms with E-state index < -0.39 is 5.41 Å².